The third-order valence-electron chi connectivity index (χ3n) is 5.53. The lowest BCUT2D eigenvalue weighted by Gasteiger charge is -2.31. The first-order valence-electron chi connectivity index (χ1n) is 10.4. The Morgan fingerprint density at radius 2 is 1.65 bits per heavy atom. The number of hydroxylamine groups is 1. The highest BCUT2D eigenvalue weighted by atomic mass is 35.5. The number of nitrogens with one attached hydrogen (secondary N) is 3. The van der Waals surface area contributed by atoms with Crippen LogP contribution in [-0.2, 0) is 21.0 Å². The van der Waals surface area contributed by atoms with Crippen LogP contribution in [0.25, 0.3) is 0 Å². The van der Waals surface area contributed by atoms with E-state index in [1.165, 1.54) is 31.2 Å². The van der Waals surface area contributed by atoms with Gasteiger partial charge < -0.3 is 15.7 Å². The minimum atomic E-state index is -5.01. The molecule has 2 amide bonds. The highest BCUT2D eigenvalue weighted by Gasteiger charge is 2.66. The maximum atomic E-state index is 14.2. The second-order valence-electron chi connectivity index (χ2n) is 8.33. The summed E-state index contributed by atoms with van der Waals surface area (Å²) in [6.07, 6.45) is -10.7. The zero-order chi connectivity index (χ0) is 27.8. The Bertz CT molecular complexity index is 1190. The first-order valence-corrected chi connectivity index (χ1v) is 11.1. The number of aryl methyl sites for hydroxylation is 1. The predicted molar refractivity (Wildman–Crippen MR) is 120 cm³/mol. The summed E-state index contributed by atoms with van der Waals surface area (Å²) < 4.78 is 79.2. The summed E-state index contributed by atoms with van der Waals surface area (Å²) in [4.78, 5) is 28.8. The molecule has 3 rings (SSSR count). The fraction of sp³-hybridized carbons (Fsp3) is 0.364. The summed E-state index contributed by atoms with van der Waals surface area (Å²) in [6.45, 7) is -0.898. The zero-order valence-corrected chi connectivity index (χ0v) is 20.3. The molecule has 0 radical (unpaired) electrons. The van der Waals surface area contributed by atoms with Crippen molar-refractivity contribution in [3.05, 3.63) is 68.7 Å². The number of rotatable bonds is 6. The Hall–Kier alpha value is -2.58. The minimum absolute atomic E-state index is 0.0291. The van der Waals surface area contributed by atoms with Crippen LogP contribution in [0.2, 0.25) is 10.0 Å². The van der Waals surface area contributed by atoms with E-state index in [-0.39, 0.29) is 26.7 Å². The third-order valence-corrected chi connectivity index (χ3v) is 5.97. The standard InChI is InChI=1S/C22H19Cl2F6N3O4/c1-11-4-12(2-3-16(11)18(35)31-8-17(34)32-10-21(25,26)27)20(36)9-19(37-33-20,22(28,29)30)13-5-14(23)7-15(24)6-13/h2-7,33,36H,8-10H2,1H3,(H,31,35)(H,32,34). The van der Waals surface area contributed by atoms with Gasteiger partial charge in [0.1, 0.15) is 6.54 Å². The number of alkyl halides is 6. The van der Waals surface area contributed by atoms with Gasteiger partial charge in [-0.15, -0.1) is 0 Å². The molecule has 0 bridgehead atoms. The highest BCUT2D eigenvalue weighted by Crippen LogP contribution is 2.53. The lowest BCUT2D eigenvalue weighted by atomic mass is 9.83. The van der Waals surface area contributed by atoms with Crippen LogP contribution in [0.1, 0.15) is 33.5 Å². The van der Waals surface area contributed by atoms with Crippen molar-refractivity contribution in [1.29, 1.82) is 0 Å². The van der Waals surface area contributed by atoms with Crippen LogP contribution in [-0.4, -0.2) is 42.4 Å². The Morgan fingerprint density at radius 3 is 2.19 bits per heavy atom. The summed E-state index contributed by atoms with van der Waals surface area (Å²) in [5.74, 6) is -1.90. The van der Waals surface area contributed by atoms with E-state index in [1.54, 1.807) is 5.32 Å². The van der Waals surface area contributed by atoms with Gasteiger partial charge in [-0.05, 0) is 42.3 Å². The van der Waals surface area contributed by atoms with Gasteiger partial charge in [0.15, 0.2) is 5.72 Å². The summed E-state index contributed by atoms with van der Waals surface area (Å²) in [5.41, 5.74) is -3.72. The van der Waals surface area contributed by atoms with Crippen LogP contribution in [0.5, 0.6) is 0 Å². The molecule has 1 fully saturated rings. The van der Waals surface area contributed by atoms with E-state index >= 15 is 0 Å². The maximum Gasteiger partial charge on any atom is 0.423 e. The predicted octanol–water partition coefficient (Wildman–Crippen LogP) is 4.24. The molecule has 4 N–H and O–H groups in total. The van der Waals surface area contributed by atoms with Gasteiger partial charge >= 0.3 is 12.4 Å². The van der Waals surface area contributed by atoms with E-state index < -0.39 is 60.6 Å². The molecule has 15 heteroatoms. The number of carbonyl (C=O) groups excluding carboxylic acids is 2. The number of hydrogen-bond acceptors (Lipinski definition) is 5. The van der Waals surface area contributed by atoms with Crippen molar-refractivity contribution in [2.45, 2.75) is 37.0 Å². The van der Waals surface area contributed by atoms with Crippen LogP contribution in [0.15, 0.2) is 36.4 Å². The highest BCUT2D eigenvalue weighted by molar-refractivity contribution is 6.34. The van der Waals surface area contributed by atoms with E-state index in [9.17, 15) is 41.0 Å². The van der Waals surface area contributed by atoms with Gasteiger partial charge in [0.25, 0.3) is 5.91 Å². The molecule has 202 valence electrons. The molecular weight excluding hydrogens is 555 g/mol. The number of halogens is 8. The fourth-order valence-corrected chi connectivity index (χ4v) is 4.25. The fourth-order valence-electron chi connectivity index (χ4n) is 3.73. The average molecular weight is 574 g/mol. The summed E-state index contributed by atoms with van der Waals surface area (Å²) in [5, 5.41) is 14.6. The molecule has 0 saturated carbocycles. The summed E-state index contributed by atoms with van der Waals surface area (Å²) >= 11 is 11.8. The quantitative estimate of drug-likeness (QED) is 0.387. The molecule has 2 aromatic rings. The van der Waals surface area contributed by atoms with Gasteiger partial charge in [-0.1, -0.05) is 35.3 Å². The van der Waals surface area contributed by atoms with Crippen molar-refractivity contribution < 1.29 is 45.9 Å². The molecule has 1 saturated heterocycles. The molecule has 0 aliphatic carbocycles. The van der Waals surface area contributed by atoms with Crippen LogP contribution < -0.4 is 16.1 Å². The number of hydrogen-bond donors (Lipinski definition) is 4. The lowest BCUT2D eigenvalue weighted by molar-refractivity contribution is -0.283. The van der Waals surface area contributed by atoms with Gasteiger partial charge in [0.2, 0.25) is 11.5 Å². The van der Waals surface area contributed by atoms with Crippen LogP contribution in [0.3, 0.4) is 0 Å². The molecule has 37 heavy (non-hydrogen) atoms. The first-order chi connectivity index (χ1) is 17.0. The van der Waals surface area contributed by atoms with Crippen molar-refractivity contribution in [1.82, 2.24) is 16.1 Å². The smallest absolute Gasteiger partial charge is 0.369 e. The Balaban J connectivity index is 1.80. The van der Waals surface area contributed by atoms with Crippen molar-refractivity contribution in [3.63, 3.8) is 0 Å². The van der Waals surface area contributed by atoms with Crippen LogP contribution >= 0.6 is 23.2 Å². The largest absolute Gasteiger partial charge is 0.423 e. The zero-order valence-electron chi connectivity index (χ0n) is 18.8. The van der Waals surface area contributed by atoms with Crippen molar-refractivity contribution in [2.75, 3.05) is 13.1 Å². The average Bonchev–Trinajstić information content (AvgIpc) is 3.15. The van der Waals surface area contributed by atoms with Crippen LogP contribution in [0, 0.1) is 6.92 Å². The maximum absolute atomic E-state index is 14.2. The molecule has 2 atom stereocenters. The van der Waals surface area contributed by atoms with E-state index in [0.29, 0.717) is 0 Å². The van der Waals surface area contributed by atoms with Crippen molar-refractivity contribution >= 4 is 35.0 Å². The van der Waals surface area contributed by atoms with Gasteiger partial charge in [-0.25, -0.2) is 0 Å². The molecule has 2 aromatic carbocycles. The van der Waals surface area contributed by atoms with Gasteiger partial charge in [0, 0.05) is 27.6 Å². The van der Waals surface area contributed by atoms with Crippen LogP contribution in [0.4, 0.5) is 26.3 Å². The van der Waals surface area contributed by atoms with E-state index in [4.69, 9.17) is 28.0 Å². The molecule has 0 aromatic heterocycles. The monoisotopic (exact) mass is 573 g/mol. The van der Waals surface area contributed by atoms with E-state index in [2.05, 4.69) is 5.32 Å². The molecule has 2 unspecified atom stereocenters. The molecule has 1 heterocycles. The molecular formula is C22H19Cl2F6N3O4. The summed E-state index contributed by atoms with van der Waals surface area (Å²) in [7, 11) is 0. The molecule has 1 aliphatic rings. The second-order valence-corrected chi connectivity index (χ2v) is 9.20. The van der Waals surface area contributed by atoms with E-state index in [1.807, 2.05) is 5.48 Å². The second kappa shape index (κ2) is 10.3. The van der Waals surface area contributed by atoms with Gasteiger partial charge in [-0.3, -0.25) is 14.4 Å². The topological polar surface area (TPSA) is 99.7 Å². The number of benzene rings is 2. The Labute approximate surface area is 216 Å². The minimum Gasteiger partial charge on any atom is -0.369 e. The third kappa shape index (κ3) is 6.47. The first kappa shape index (κ1) is 29.0. The van der Waals surface area contributed by atoms with Crippen molar-refractivity contribution in [3.8, 4) is 0 Å². The number of amides is 2. The van der Waals surface area contributed by atoms with E-state index in [0.717, 1.165) is 12.1 Å². The number of aliphatic hydroxyl groups is 1. The summed E-state index contributed by atoms with van der Waals surface area (Å²) in [6, 6.07) is 6.83. The molecule has 0 spiro atoms. The van der Waals surface area contributed by atoms with Crippen molar-refractivity contribution in [2.24, 2.45) is 0 Å². The van der Waals surface area contributed by atoms with Gasteiger partial charge in [-0.2, -0.15) is 31.8 Å². The number of carbonyl (C=O) groups is 2. The normalized spacial score (nSPS) is 22.1. The van der Waals surface area contributed by atoms with Gasteiger partial charge in [0.05, 0.1) is 6.54 Å². The molecule has 1 aliphatic heterocycles. The lowest BCUT2D eigenvalue weighted by Crippen LogP contribution is -2.43. The SMILES string of the molecule is Cc1cc(C2(O)CC(c3cc(Cl)cc(Cl)c3)(C(F)(F)F)ON2)ccc1C(=O)NCC(=O)NCC(F)(F)F. The molecule has 7 nitrogen and oxygen atoms in total. The Morgan fingerprint density at radius 1 is 1.03 bits per heavy atom. The Kier molecular flexibility index (Phi) is 8.06.